The molecule has 0 amide bonds. The smallest absolute Gasteiger partial charge is 0.356 e. The first kappa shape index (κ1) is 22.5. The lowest BCUT2D eigenvalue weighted by atomic mass is 10.2. The van der Waals surface area contributed by atoms with Gasteiger partial charge in [-0.05, 0) is 25.5 Å². The van der Waals surface area contributed by atoms with Crippen LogP contribution in [-0.4, -0.2) is 81.9 Å². The fraction of sp³-hybridized carbons (Fsp3) is 0.611. The number of nitrogens with zero attached hydrogens (tertiary/aromatic N) is 3. The minimum atomic E-state index is -4.23. The van der Waals surface area contributed by atoms with Crippen molar-refractivity contribution in [3.63, 3.8) is 0 Å². The summed E-state index contributed by atoms with van der Waals surface area (Å²) < 4.78 is 63.0. The highest BCUT2D eigenvalue weighted by Gasteiger charge is 2.41. The average Bonchev–Trinajstić information content (AvgIpc) is 2.68. The molecule has 1 heterocycles. The normalized spacial score (nSPS) is 18.2. The second-order valence-electron chi connectivity index (χ2n) is 6.70. The van der Waals surface area contributed by atoms with Crippen LogP contribution in [0.2, 0.25) is 0 Å². The molecule has 1 N–H and O–H groups in total. The van der Waals surface area contributed by atoms with Gasteiger partial charge < -0.3 is 10.2 Å². The summed E-state index contributed by atoms with van der Waals surface area (Å²) in [6.45, 7) is 3.05. The maximum Gasteiger partial charge on any atom is 0.403 e. The Balaban J connectivity index is 1.78. The monoisotopic (exact) mass is 420 g/mol. The van der Waals surface area contributed by atoms with Crippen molar-refractivity contribution in [2.24, 2.45) is 4.99 Å². The summed E-state index contributed by atoms with van der Waals surface area (Å²) in [4.78, 5) is 7.77. The molecule has 1 unspecified atom stereocenters. The van der Waals surface area contributed by atoms with Crippen molar-refractivity contribution in [2.75, 3.05) is 45.5 Å². The molecule has 10 heteroatoms. The number of halogens is 3. The number of rotatable bonds is 6. The second-order valence-corrected chi connectivity index (χ2v) is 8.81. The van der Waals surface area contributed by atoms with Crippen LogP contribution in [-0.2, 0) is 9.84 Å². The zero-order valence-electron chi connectivity index (χ0n) is 16.1. The number of hydrogen-bond acceptors (Lipinski definition) is 4. The van der Waals surface area contributed by atoms with Gasteiger partial charge in [0.25, 0.3) is 0 Å². The largest absolute Gasteiger partial charge is 0.403 e. The number of benzene rings is 1. The zero-order valence-corrected chi connectivity index (χ0v) is 16.9. The number of sulfone groups is 1. The van der Waals surface area contributed by atoms with Gasteiger partial charge in [-0.25, -0.2) is 8.42 Å². The first-order valence-electron chi connectivity index (χ1n) is 9.19. The summed E-state index contributed by atoms with van der Waals surface area (Å²) in [6.07, 6.45) is -3.83. The van der Waals surface area contributed by atoms with Gasteiger partial charge in [-0.1, -0.05) is 18.2 Å². The number of nitrogens with one attached hydrogen (secondary N) is 1. The molecule has 1 aromatic rings. The zero-order chi connectivity index (χ0) is 20.8. The summed E-state index contributed by atoms with van der Waals surface area (Å²) in [5.41, 5.74) is 0. The molecule has 158 valence electrons. The van der Waals surface area contributed by atoms with Crippen molar-refractivity contribution in [3.8, 4) is 0 Å². The van der Waals surface area contributed by atoms with E-state index >= 15 is 0 Å². The van der Waals surface area contributed by atoms with Crippen LogP contribution in [0.3, 0.4) is 0 Å². The summed E-state index contributed by atoms with van der Waals surface area (Å²) in [5, 5.41) is 3.11. The van der Waals surface area contributed by atoms with E-state index in [0.29, 0.717) is 50.0 Å². The summed E-state index contributed by atoms with van der Waals surface area (Å²) in [6, 6.07) is 6.82. The van der Waals surface area contributed by atoms with E-state index in [9.17, 15) is 21.6 Å². The van der Waals surface area contributed by atoms with Crippen LogP contribution < -0.4 is 5.32 Å². The molecule has 0 radical (unpaired) electrons. The van der Waals surface area contributed by atoms with E-state index in [1.807, 2.05) is 4.90 Å². The number of guanidine groups is 1. The Bertz CT molecular complexity index is 746. The summed E-state index contributed by atoms with van der Waals surface area (Å²) >= 11 is 0. The van der Waals surface area contributed by atoms with E-state index in [0.717, 1.165) is 0 Å². The highest BCUT2D eigenvalue weighted by atomic mass is 32.2. The standard InChI is InChI=1S/C18H27F3N4O2S/c1-15(18(19,20)21)24-10-12-25(13-11-24)17(22-2)23-9-6-14-28(26,27)16-7-4-3-5-8-16/h3-5,7-8,15H,6,9-14H2,1-2H3,(H,22,23). The van der Waals surface area contributed by atoms with Crippen LogP contribution in [0.5, 0.6) is 0 Å². The van der Waals surface area contributed by atoms with Crippen molar-refractivity contribution < 1.29 is 21.6 Å². The third kappa shape index (κ3) is 6.10. The molecule has 28 heavy (non-hydrogen) atoms. The van der Waals surface area contributed by atoms with Crippen LogP contribution in [0.4, 0.5) is 13.2 Å². The third-order valence-electron chi connectivity index (χ3n) is 4.82. The fourth-order valence-electron chi connectivity index (χ4n) is 3.07. The highest BCUT2D eigenvalue weighted by molar-refractivity contribution is 7.91. The molecular formula is C18H27F3N4O2S. The Hall–Kier alpha value is -1.81. The van der Waals surface area contributed by atoms with Gasteiger partial charge in [-0.3, -0.25) is 9.89 Å². The van der Waals surface area contributed by atoms with E-state index in [1.165, 1.54) is 11.8 Å². The minimum absolute atomic E-state index is 0.0118. The molecule has 1 aliphatic rings. The molecule has 0 saturated carbocycles. The molecule has 1 saturated heterocycles. The van der Waals surface area contributed by atoms with Crippen molar-refractivity contribution >= 4 is 15.8 Å². The molecule has 0 bridgehead atoms. The van der Waals surface area contributed by atoms with Crippen molar-refractivity contribution in [1.82, 2.24) is 15.1 Å². The van der Waals surface area contributed by atoms with Gasteiger partial charge in [0.2, 0.25) is 0 Å². The number of hydrogen-bond donors (Lipinski definition) is 1. The molecule has 2 rings (SSSR count). The average molecular weight is 421 g/mol. The van der Waals surface area contributed by atoms with Crippen molar-refractivity contribution in [3.05, 3.63) is 30.3 Å². The topological polar surface area (TPSA) is 65.0 Å². The van der Waals surface area contributed by atoms with Gasteiger partial charge >= 0.3 is 6.18 Å². The third-order valence-corrected chi connectivity index (χ3v) is 6.64. The lowest BCUT2D eigenvalue weighted by Gasteiger charge is -2.39. The quantitative estimate of drug-likeness (QED) is 0.433. The lowest BCUT2D eigenvalue weighted by Crippen LogP contribution is -2.56. The van der Waals surface area contributed by atoms with Gasteiger partial charge in [-0.2, -0.15) is 13.2 Å². The van der Waals surface area contributed by atoms with E-state index in [-0.39, 0.29) is 5.75 Å². The molecule has 1 aliphatic heterocycles. The van der Waals surface area contributed by atoms with Crippen molar-refractivity contribution in [2.45, 2.75) is 30.5 Å². The van der Waals surface area contributed by atoms with E-state index in [1.54, 1.807) is 37.4 Å². The van der Waals surface area contributed by atoms with Gasteiger partial charge in [0, 0.05) is 39.8 Å². The Kier molecular flexibility index (Phi) is 7.70. The first-order chi connectivity index (χ1) is 13.1. The van der Waals surface area contributed by atoms with Gasteiger partial charge in [0.05, 0.1) is 10.6 Å². The van der Waals surface area contributed by atoms with Gasteiger partial charge in [-0.15, -0.1) is 0 Å². The van der Waals surface area contributed by atoms with Crippen LogP contribution in [0.25, 0.3) is 0 Å². The minimum Gasteiger partial charge on any atom is -0.356 e. The molecule has 1 atom stereocenters. The summed E-state index contributed by atoms with van der Waals surface area (Å²) in [7, 11) is -1.72. The van der Waals surface area contributed by atoms with Crippen LogP contribution in [0, 0.1) is 0 Å². The van der Waals surface area contributed by atoms with Crippen LogP contribution in [0.15, 0.2) is 40.2 Å². The van der Waals surface area contributed by atoms with E-state index in [2.05, 4.69) is 10.3 Å². The van der Waals surface area contributed by atoms with E-state index in [4.69, 9.17) is 0 Å². The number of aliphatic imine (C=N–C) groups is 1. The summed E-state index contributed by atoms with van der Waals surface area (Å²) in [5.74, 6) is 0.592. The fourth-order valence-corrected chi connectivity index (χ4v) is 4.40. The number of alkyl halides is 3. The Morgan fingerprint density at radius 1 is 1.18 bits per heavy atom. The van der Waals surface area contributed by atoms with Crippen LogP contribution in [0.1, 0.15) is 13.3 Å². The Labute approximate surface area is 164 Å². The van der Waals surface area contributed by atoms with Gasteiger partial charge in [0.15, 0.2) is 15.8 Å². The molecule has 6 nitrogen and oxygen atoms in total. The lowest BCUT2D eigenvalue weighted by molar-refractivity contribution is -0.181. The van der Waals surface area contributed by atoms with Crippen molar-refractivity contribution in [1.29, 1.82) is 0 Å². The molecule has 0 spiro atoms. The molecule has 0 aliphatic carbocycles. The first-order valence-corrected chi connectivity index (χ1v) is 10.8. The Morgan fingerprint density at radius 3 is 2.32 bits per heavy atom. The molecule has 1 aromatic carbocycles. The maximum atomic E-state index is 12.8. The predicted octanol–water partition coefficient (Wildman–Crippen LogP) is 1.99. The molecule has 0 aromatic heterocycles. The second kappa shape index (κ2) is 9.60. The predicted molar refractivity (Wildman–Crippen MR) is 103 cm³/mol. The van der Waals surface area contributed by atoms with E-state index < -0.39 is 22.1 Å². The SMILES string of the molecule is CN=C(NCCCS(=O)(=O)c1ccccc1)N1CCN(C(C)C(F)(F)F)CC1. The molecule has 1 fully saturated rings. The highest BCUT2D eigenvalue weighted by Crippen LogP contribution is 2.25. The van der Waals surface area contributed by atoms with Gasteiger partial charge in [0.1, 0.15) is 6.04 Å². The van der Waals surface area contributed by atoms with Crippen LogP contribution >= 0.6 is 0 Å². The number of piperazine rings is 1. The maximum absolute atomic E-state index is 12.8. The molecular weight excluding hydrogens is 393 g/mol. The Morgan fingerprint density at radius 2 is 1.79 bits per heavy atom.